The molecule has 14 heavy (non-hydrogen) atoms. The van der Waals surface area contributed by atoms with Crippen molar-refractivity contribution in [1.82, 2.24) is 5.32 Å². The van der Waals surface area contributed by atoms with Gasteiger partial charge in [0.05, 0.1) is 6.04 Å². The molecular weight excluding hydrogens is 182 g/mol. The maximum atomic E-state index is 11.3. The number of carbonyl (C=O) groups is 2. The van der Waals surface area contributed by atoms with E-state index in [-0.39, 0.29) is 18.9 Å². The highest BCUT2D eigenvalue weighted by atomic mass is 16.2. The Balaban J connectivity index is 3.67. The van der Waals surface area contributed by atoms with E-state index in [0.717, 1.165) is 0 Å². The minimum Gasteiger partial charge on any atom is -0.370 e. The summed E-state index contributed by atoms with van der Waals surface area (Å²) >= 11 is 0. The summed E-state index contributed by atoms with van der Waals surface area (Å²) in [5.74, 6) is -0.269. The van der Waals surface area contributed by atoms with Gasteiger partial charge < -0.3 is 16.8 Å². The maximum Gasteiger partial charge on any atom is 0.236 e. The van der Waals surface area contributed by atoms with Gasteiger partial charge in [0.25, 0.3) is 0 Å². The van der Waals surface area contributed by atoms with Gasteiger partial charge in [-0.1, -0.05) is 13.8 Å². The molecule has 0 saturated heterocycles. The average Bonchev–Trinajstić information content (AvgIpc) is 2.01. The van der Waals surface area contributed by atoms with Crippen LogP contribution in [0.3, 0.4) is 0 Å². The molecule has 2 amide bonds. The van der Waals surface area contributed by atoms with Gasteiger partial charge in [0, 0.05) is 13.0 Å². The second kappa shape index (κ2) is 6.37. The van der Waals surface area contributed by atoms with Crippen LogP contribution in [0.4, 0.5) is 0 Å². The zero-order chi connectivity index (χ0) is 11.1. The monoisotopic (exact) mass is 201 g/mol. The molecule has 0 rings (SSSR count). The van der Waals surface area contributed by atoms with E-state index in [2.05, 4.69) is 5.32 Å². The van der Waals surface area contributed by atoms with Crippen LogP contribution in [-0.2, 0) is 9.59 Å². The van der Waals surface area contributed by atoms with Crippen molar-refractivity contribution >= 4 is 11.8 Å². The highest BCUT2D eigenvalue weighted by molar-refractivity contribution is 5.82. The number of rotatable bonds is 6. The largest absolute Gasteiger partial charge is 0.370 e. The van der Waals surface area contributed by atoms with Crippen LogP contribution in [0, 0.1) is 5.92 Å². The lowest BCUT2D eigenvalue weighted by Gasteiger charge is -2.13. The molecule has 0 aromatic carbocycles. The number of amides is 2. The van der Waals surface area contributed by atoms with Gasteiger partial charge in [-0.3, -0.25) is 9.59 Å². The fourth-order valence-electron chi connectivity index (χ4n) is 1.05. The van der Waals surface area contributed by atoms with Crippen molar-refractivity contribution < 1.29 is 9.59 Å². The topological polar surface area (TPSA) is 98.2 Å². The van der Waals surface area contributed by atoms with Gasteiger partial charge in [0.1, 0.15) is 0 Å². The van der Waals surface area contributed by atoms with Crippen LogP contribution in [-0.4, -0.2) is 24.4 Å². The quantitative estimate of drug-likeness (QED) is 0.532. The Hall–Kier alpha value is -1.10. The Kier molecular flexibility index (Phi) is 5.87. The molecule has 5 N–H and O–H groups in total. The summed E-state index contributed by atoms with van der Waals surface area (Å²) in [6.45, 7) is 4.26. The van der Waals surface area contributed by atoms with Gasteiger partial charge in [-0.05, 0) is 12.3 Å². The van der Waals surface area contributed by atoms with Crippen LogP contribution >= 0.6 is 0 Å². The highest BCUT2D eigenvalue weighted by Crippen LogP contribution is 2.02. The standard InChI is InChI=1S/C9H19N3O2/c1-6(2)5-7(10)9(14)12-4-3-8(11)13/h6-7H,3-5,10H2,1-2H3,(H2,11,13)(H,12,14). The summed E-state index contributed by atoms with van der Waals surface area (Å²) < 4.78 is 0. The van der Waals surface area contributed by atoms with Crippen LogP contribution in [0.25, 0.3) is 0 Å². The highest BCUT2D eigenvalue weighted by Gasteiger charge is 2.14. The minimum absolute atomic E-state index is 0.153. The van der Waals surface area contributed by atoms with E-state index in [1.807, 2.05) is 13.8 Å². The van der Waals surface area contributed by atoms with Crippen LogP contribution in [0.15, 0.2) is 0 Å². The lowest BCUT2D eigenvalue weighted by molar-refractivity contribution is -0.123. The molecule has 0 saturated carbocycles. The van der Waals surface area contributed by atoms with Crippen molar-refractivity contribution in [3.63, 3.8) is 0 Å². The molecule has 0 fully saturated rings. The van der Waals surface area contributed by atoms with Crippen LogP contribution in [0.1, 0.15) is 26.7 Å². The predicted molar refractivity (Wildman–Crippen MR) is 54.3 cm³/mol. The van der Waals surface area contributed by atoms with Gasteiger partial charge in [0.2, 0.25) is 11.8 Å². The Morgan fingerprint density at radius 1 is 1.36 bits per heavy atom. The van der Waals surface area contributed by atoms with Crippen LogP contribution in [0.5, 0.6) is 0 Å². The van der Waals surface area contributed by atoms with E-state index in [1.165, 1.54) is 0 Å². The third-order valence-electron chi connectivity index (χ3n) is 1.73. The zero-order valence-electron chi connectivity index (χ0n) is 8.75. The number of hydrogen-bond acceptors (Lipinski definition) is 3. The van der Waals surface area contributed by atoms with E-state index in [1.54, 1.807) is 0 Å². The minimum atomic E-state index is -0.497. The molecule has 0 aromatic heterocycles. The Bertz CT molecular complexity index is 204. The van der Waals surface area contributed by atoms with Crippen molar-refractivity contribution in [2.45, 2.75) is 32.7 Å². The summed E-state index contributed by atoms with van der Waals surface area (Å²) in [6.07, 6.45) is 0.794. The molecule has 82 valence electrons. The molecule has 0 aromatic rings. The van der Waals surface area contributed by atoms with Gasteiger partial charge >= 0.3 is 0 Å². The van der Waals surface area contributed by atoms with Gasteiger partial charge in [0.15, 0.2) is 0 Å². The lowest BCUT2D eigenvalue weighted by Crippen LogP contribution is -2.42. The summed E-state index contributed by atoms with van der Waals surface area (Å²) in [5, 5.41) is 2.55. The molecular formula is C9H19N3O2. The third kappa shape index (κ3) is 6.42. The van der Waals surface area contributed by atoms with Gasteiger partial charge in [-0.25, -0.2) is 0 Å². The zero-order valence-corrected chi connectivity index (χ0v) is 8.75. The van der Waals surface area contributed by atoms with E-state index >= 15 is 0 Å². The van der Waals surface area contributed by atoms with Crippen LogP contribution < -0.4 is 16.8 Å². The molecule has 0 aliphatic rings. The molecule has 1 atom stereocenters. The van der Waals surface area contributed by atoms with Crippen molar-refractivity contribution in [2.24, 2.45) is 17.4 Å². The maximum absolute atomic E-state index is 11.3. The molecule has 5 heteroatoms. The number of nitrogens with two attached hydrogens (primary N) is 2. The lowest BCUT2D eigenvalue weighted by atomic mass is 10.0. The van der Waals surface area contributed by atoms with E-state index in [0.29, 0.717) is 12.3 Å². The molecule has 1 unspecified atom stereocenters. The molecule has 0 bridgehead atoms. The normalized spacial score (nSPS) is 12.6. The molecule has 5 nitrogen and oxygen atoms in total. The first-order valence-corrected chi connectivity index (χ1v) is 4.75. The number of carbonyl (C=O) groups excluding carboxylic acids is 2. The summed E-state index contributed by atoms with van der Waals surface area (Å²) in [6, 6.07) is -0.497. The molecule has 0 heterocycles. The fourth-order valence-corrected chi connectivity index (χ4v) is 1.05. The average molecular weight is 201 g/mol. The molecule has 0 spiro atoms. The summed E-state index contributed by atoms with van der Waals surface area (Å²) in [7, 11) is 0. The third-order valence-corrected chi connectivity index (χ3v) is 1.73. The van der Waals surface area contributed by atoms with Crippen molar-refractivity contribution in [2.75, 3.05) is 6.54 Å². The first kappa shape index (κ1) is 12.9. The molecule has 0 aliphatic heterocycles. The smallest absolute Gasteiger partial charge is 0.236 e. The second-order valence-electron chi connectivity index (χ2n) is 3.74. The van der Waals surface area contributed by atoms with E-state index in [4.69, 9.17) is 11.5 Å². The van der Waals surface area contributed by atoms with E-state index < -0.39 is 11.9 Å². The second-order valence-corrected chi connectivity index (χ2v) is 3.74. The van der Waals surface area contributed by atoms with Crippen molar-refractivity contribution in [1.29, 1.82) is 0 Å². The number of hydrogen-bond donors (Lipinski definition) is 3. The first-order chi connectivity index (χ1) is 6.43. The Labute approximate surface area is 84.2 Å². The fraction of sp³-hybridized carbons (Fsp3) is 0.778. The van der Waals surface area contributed by atoms with Gasteiger partial charge in [-0.2, -0.15) is 0 Å². The van der Waals surface area contributed by atoms with Crippen LogP contribution in [0.2, 0.25) is 0 Å². The summed E-state index contributed by atoms with van der Waals surface area (Å²) in [5.41, 5.74) is 10.5. The number of primary amides is 1. The van der Waals surface area contributed by atoms with Gasteiger partial charge in [-0.15, -0.1) is 0 Å². The number of nitrogens with one attached hydrogen (secondary N) is 1. The summed E-state index contributed by atoms with van der Waals surface area (Å²) in [4.78, 5) is 21.6. The van der Waals surface area contributed by atoms with Crippen molar-refractivity contribution in [3.05, 3.63) is 0 Å². The SMILES string of the molecule is CC(C)CC(N)C(=O)NCCC(N)=O. The van der Waals surface area contributed by atoms with E-state index in [9.17, 15) is 9.59 Å². The Morgan fingerprint density at radius 2 is 1.93 bits per heavy atom. The predicted octanol–water partition coefficient (Wildman–Crippen LogP) is -0.649. The first-order valence-electron chi connectivity index (χ1n) is 4.75. The van der Waals surface area contributed by atoms with Crippen molar-refractivity contribution in [3.8, 4) is 0 Å². The molecule has 0 radical (unpaired) electrons. The Morgan fingerprint density at radius 3 is 2.36 bits per heavy atom. The molecule has 0 aliphatic carbocycles.